The first-order chi connectivity index (χ1) is 18.0. The van der Waals surface area contributed by atoms with Crippen molar-refractivity contribution in [2.75, 3.05) is 49.3 Å². The summed E-state index contributed by atoms with van der Waals surface area (Å²) in [6, 6.07) is 7.94. The second kappa shape index (κ2) is 10.3. The minimum absolute atomic E-state index is 0. The molecule has 2 aliphatic rings. The van der Waals surface area contributed by atoms with E-state index in [1.807, 2.05) is 4.90 Å². The number of aromatic nitrogens is 4. The molecule has 0 spiro atoms. The smallest absolute Gasteiger partial charge is 0.414 e. The van der Waals surface area contributed by atoms with Gasteiger partial charge >= 0.3 is 17.5 Å². The number of cyclic esters (lactones) is 1. The van der Waals surface area contributed by atoms with Gasteiger partial charge in [0.05, 0.1) is 31.1 Å². The number of nitrogens with zero attached hydrogens (tertiary/aromatic N) is 4. The van der Waals surface area contributed by atoms with E-state index in [-0.39, 0.29) is 36.2 Å². The maximum atomic E-state index is 13.4. The Labute approximate surface area is 221 Å². The predicted molar refractivity (Wildman–Crippen MR) is 130 cm³/mol. The lowest BCUT2D eigenvalue weighted by Gasteiger charge is -2.30. The highest BCUT2D eigenvalue weighted by atomic mass is 35.5. The van der Waals surface area contributed by atoms with Crippen LogP contribution in [0.3, 0.4) is 0 Å². The predicted octanol–water partition coefficient (Wildman–Crippen LogP) is -1.26. The molecule has 0 bridgehead atoms. The second-order valence-corrected chi connectivity index (χ2v) is 8.87. The number of aromatic hydroxyl groups is 1. The Bertz CT molecular complexity index is 1550. The molecule has 0 atom stereocenters. The van der Waals surface area contributed by atoms with Gasteiger partial charge in [0.15, 0.2) is 5.65 Å². The number of nitrogens with one attached hydrogen (secondary N) is 2. The average molecular weight is 543 g/mol. The second-order valence-electron chi connectivity index (χ2n) is 8.87. The summed E-state index contributed by atoms with van der Waals surface area (Å²) in [5.41, 5.74) is 2.28. The number of imidazole rings is 1. The fourth-order valence-corrected chi connectivity index (χ4v) is 4.62. The summed E-state index contributed by atoms with van der Waals surface area (Å²) in [7, 11) is 0. The van der Waals surface area contributed by atoms with Crippen molar-refractivity contribution in [2.45, 2.75) is 6.42 Å². The van der Waals surface area contributed by atoms with Crippen molar-refractivity contribution in [1.29, 1.82) is 0 Å². The average Bonchev–Trinajstić information content (AvgIpc) is 3.56. The normalized spacial score (nSPS) is 15.6. The van der Waals surface area contributed by atoms with Gasteiger partial charge < -0.3 is 31.9 Å². The maximum Gasteiger partial charge on any atom is 0.414 e. The quantitative estimate of drug-likeness (QED) is 0.322. The van der Waals surface area contributed by atoms with Crippen LogP contribution in [-0.2, 0) is 15.9 Å². The lowest BCUT2D eigenvalue weighted by Crippen LogP contribution is -3.00. The van der Waals surface area contributed by atoms with Crippen molar-refractivity contribution in [3.8, 4) is 17.3 Å². The zero-order chi connectivity index (χ0) is 25.5. The molecule has 4 aromatic rings. The molecule has 2 saturated heterocycles. The topological polar surface area (TPSA) is 127 Å². The number of hydrogen-bond donors (Lipinski definition) is 2. The Kier molecular flexibility index (Phi) is 6.91. The Hall–Kier alpha value is -4.16. The number of anilines is 2. The minimum Gasteiger partial charge on any atom is -1.00 e. The van der Waals surface area contributed by atoms with Crippen molar-refractivity contribution in [2.24, 2.45) is 0 Å². The zero-order valence-corrected chi connectivity index (χ0v) is 20.9. The molecule has 6 rings (SSSR count). The fraction of sp³-hybridized carbons (Fsp3) is 0.280. The number of carbonyl (C=O) groups excluding carboxylic acids is 1. The van der Waals surface area contributed by atoms with Gasteiger partial charge in [-0.25, -0.2) is 24.1 Å². The molecule has 2 aliphatic heterocycles. The molecule has 3 aromatic heterocycles. The third-order valence-electron chi connectivity index (χ3n) is 6.52. The van der Waals surface area contributed by atoms with Crippen molar-refractivity contribution >= 4 is 23.1 Å². The molecule has 0 saturated carbocycles. The van der Waals surface area contributed by atoms with Crippen LogP contribution in [0.25, 0.3) is 17.2 Å². The van der Waals surface area contributed by atoms with E-state index in [0.29, 0.717) is 56.5 Å². The van der Waals surface area contributed by atoms with Crippen LogP contribution >= 0.6 is 0 Å². The molecule has 2 fully saturated rings. The Morgan fingerprint density at radius 3 is 2.58 bits per heavy atom. The van der Waals surface area contributed by atoms with Crippen molar-refractivity contribution in [3.63, 3.8) is 0 Å². The summed E-state index contributed by atoms with van der Waals surface area (Å²) < 4.78 is 25.1. The van der Waals surface area contributed by atoms with E-state index < -0.39 is 17.4 Å². The van der Waals surface area contributed by atoms with Gasteiger partial charge in [-0.15, -0.1) is 0 Å². The fourth-order valence-electron chi connectivity index (χ4n) is 4.62. The van der Waals surface area contributed by atoms with E-state index >= 15 is 0 Å². The Morgan fingerprint density at radius 1 is 1.11 bits per heavy atom. The van der Waals surface area contributed by atoms with Gasteiger partial charge in [0, 0.05) is 25.7 Å². The zero-order valence-electron chi connectivity index (χ0n) is 20.1. The molecule has 5 heterocycles. The van der Waals surface area contributed by atoms with Gasteiger partial charge in [0.2, 0.25) is 11.4 Å². The summed E-state index contributed by atoms with van der Waals surface area (Å²) in [6.45, 7) is 2.85. The number of rotatable bonds is 5. The molecule has 0 unspecified atom stereocenters. The Balaban J connectivity index is 0.00000294. The van der Waals surface area contributed by atoms with E-state index in [2.05, 4.69) is 15.0 Å². The number of pyridine rings is 1. The number of aromatic amines is 2. The molecule has 198 valence electrons. The van der Waals surface area contributed by atoms with Gasteiger partial charge in [0.25, 0.3) is 0 Å². The minimum atomic E-state index is -0.674. The van der Waals surface area contributed by atoms with E-state index in [1.54, 1.807) is 30.6 Å². The molecule has 13 heteroatoms. The van der Waals surface area contributed by atoms with Gasteiger partial charge in [-0.05, 0) is 23.8 Å². The summed E-state index contributed by atoms with van der Waals surface area (Å²) in [4.78, 5) is 40.1. The van der Waals surface area contributed by atoms with E-state index in [0.717, 1.165) is 11.3 Å². The molecule has 3 N–H and O–H groups in total. The molecule has 0 aliphatic carbocycles. The Morgan fingerprint density at radius 2 is 1.87 bits per heavy atom. The van der Waals surface area contributed by atoms with E-state index in [4.69, 9.17) is 9.47 Å². The van der Waals surface area contributed by atoms with Crippen LogP contribution in [0.5, 0.6) is 5.75 Å². The van der Waals surface area contributed by atoms with Gasteiger partial charge in [-0.1, -0.05) is 12.1 Å². The highest BCUT2D eigenvalue weighted by molar-refractivity contribution is 5.95. The highest BCUT2D eigenvalue weighted by Crippen LogP contribution is 2.31. The molecule has 11 nitrogen and oxygen atoms in total. The van der Waals surface area contributed by atoms with E-state index in [9.17, 15) is 19.1 Å². The first kappa shape index (κ1) is 25.5. The molecular weight excluding hydrogens is 519 g/mol. The monoisotopic (exact) mass is 542 g/mol. The largest absolute Gasteiger partial charge is 1.00 e. The summed E-state index contributed by atoms with van der Waals surface area (Å²) in [5, 5.41) is 10.9. The lowest BCUT2D eigenvalue weighted by atomic mass is 10.1. The van der Waals surface area contributed by atoms with Crippen LogP contribution in [0.1, 0.15) is 11.3 Å². The standard InChI is InChI=1S/C25H23FN6O5.ClH/c26-16-3-1-15(2-4-16)11-17-13-27-22(28-17)20-21(33)24(34)32-14-18(30-5-8-36-9-6-30)12-19(23(32)29-20)31-7-10-37-25(31)35;/h1-4,12-14,33H,5-11H2,(H,27,28);1H. The molecule has 1 aromatic carbocycles. The SMILES string of the molecule is O=C1OCCN1c1cc(N2CCOCC2)cn2c(=O)c(O)c(-c3[nH]c(Cc4ccc(F)cc4)c[nH+]3)nc12.[Cl-]. The number of fused-ring (bicyclic) bond motifs is 1. The van der Waals surface area contributed by atoms with Crippen LogP contribution in [0.4, 0.5) is 20.6 Å². The molecular formula is C25H24ClFN6O5. The third kappa shape index (κ3) is 4.63. The third-order valence-corrected chi connectivity index (χ3v) is 6.52. The number of carbonyl (C=O) groups is 1. The van der Waals surface area contributed by atoms with Crippen LogP contribution in [0.15, 0.2) is 47.5 Å². The molecule has 38 heavy (non-hydrogen) atoms. The summed E-state index contributed by atoms with van der Waals surface area (Å²) >= 11 is 0. The van der Waals surface area contributed by atoms with Crippen molar-refractivity contribution < 1.29 is 41.2 Å². The van der Waals surface area contributed by atoms with Crippen LogP contribution in [0, 0.1) is 5.82 Å². The summed E-state index contributed by atoms with van der Waals surface area (Å²) in [5.74, 6) is -0.540. The maximum absolute atomic E-state index is 13.4. The van der Waals surface area contributed by atoms with Crippen LogP contribution < -0.4 is 32.8 Å². The van der Waals surface area contributed by atoms with Gasteiger partial charge in [0.1, 0.15) is 24.3 Å². The number of H-pyrrole nitrogens is 2. The number of halogens is 2. The molecule has 1 amide bonds. The lowest BCUT2D eigenvalue weighted by molar-refractivity contribution is -0.362. The van der Waals surface area contributed by atoms with Gasteiger partial charge in [-0.3, -0.25) is 14.1 Å². The van der Waals surface area contributed by atoms with Crippen molar-refractivity contribution in [3.05, 3.63) is 70.2 Å². The number of hydrogen-bond acceptors (Lipinski definition) is 7. The molecule has 0 radical (unpaired) electrons. The first-order valence-corrected chi connectivity index (χ1v) is 11.9. The van der Waals surface area contributed by atoms with E-state index in [1.165, 1.54) is 21.4 Å². The number of morpholine rings is 1. The van der Waals surface area contributed by atoms with Crippen LogP contribution in [0.2, 0.25) is 0 Å². The summed E-state index contributed by atoms with van der Waals surface area (Å²) in [6.07, 6.45) is 3.25. The first-order valence-electron chi connectivity index (χ1n) is 11.9. The number of amides is 1. The van der Waals surface area contributed by atoms with Crippen molar-refractivity contribution in [1.82, 2.24) is 14.4 Å². The number of ether oxygens (including phenoxy) is 2. The highest BCUT2D eigenvalue weighted by Gasteiger charge is 2.30. The number of benzene rings is 1. The van der Waals surface area contributed by atoms with Crippen LogP contribution in [-0.4, -0.2) is 65.0 Å². The van der Waals surface area contributed by atoms with Gasteiger partial charge in [-0.2, -0.15) is 0 Å².